The molecule has 5 nitrogen and oxygen atoms in total. The van der Waals surface area contributed by atoms with Gasteiger partial charge in [-0.2, -0.15) is 0 Å². The Labute approximate surface area is 339 Å². The number of benzene rings is 2. The number of ether oxygens (including phenoxy) is 2. The fourth-order valence-electron chi connectivity index (χ4n) is 8.33. The largest absolute Gasteiger partial charge is 0.497 e. The van der Waals surface area contributed by atoms with Crippen LogP contribution in [-0.4, -0.2) is 30.5 Å². The smallest absolute Gasteiger partial charge is 0.336 e. The van der Waals surface area contributed by atoms with E-state index in [1.807, 2.05) is 6.07 Å². The molecule has 0 heterocycles. The molecule has 8 aliphatic rings. The molecular weight excluding hydrogens is 756 g/mol. The van der Waals surface area contributed by atoms with Gasteiger partial charge in [0.1, 0.15) is 11.5 Å². The number of halogens is 1. The molecular formula is C48H35ClO5S2. The monoisotopic (exact) mass is 790 g/mol. The van der Waals surface area contributed by atoms with Crippen LogP contribution < -0.4 is 9.47 Å². The van der Waals surface area contributed by atoms with Crippen molar-refractivity contribution in [3.63, 3.8) is 0 Å². The first-order valence-electron chi connectivity index (χ1n) is 18.3. The third-order valence-corrected chi connectivity index (χ3v) is 13.5. The highest BCUT2D eigenvalue weighted by Crippen LogP contribution is 2.53. The number of rotatable bonds is 8. The minimum atomic E-state index is -0.930. The van der Waals surface area contributed by atoms with Gasteiger partial charge in [0.25, 0.3) is 5.24 Å². The lowest BCUT2D eigenvalue weighted by Gasteiger charge is -2.37. The molecule has 0 aromatic heterocycles. The number of carbonyl (C=O) groups excluding carboxylic acids is 1. The van der Waals surface area contributed by atoms with Crippen molar-refractivity contribution in [3.05, 3.63) is 210 Å². The summed E-state index contributed by atoms with van der Waals surface area (Å²) in [5.74, 6) is 0.928. The van der Waals surface area contributed by atoms with E-state index in [0.717, 1.165) is 27.5 Å². The van der Waals surface area contributed by atoms with Crippen molar-refractivity contribution in [3.8, 4) is 11.5 Å². The number of carboxylic acid groups (broad SMARTS) is 1. The maximum absolute atomic E-state index is 11.9. The van der Waals surface area contributed by atoms with E-state index < -0.39 is 11.2 Å². The van der Waals surface area contributed by atoms with Crippen molar-refractivity contribution in [1.29, 1.82) is 0 Å². The van der Waals surface area contributed by atoms with Gasteiger partial charge in [-0.1, -0.05) is 109 Å². The lowest BCUT2D eigenvalue weighted by atomic mass is 9.69. The topological polar surface area (TPSA) is 72.8 Å². The maximum atomic E-state index is 11.9. The SMILES string of the molecule is COc1ccc(C(=O)Cl)c(SC2=CC=C3C=CC4=C5C(=CC=C2C35)CC=C4)c1.COc1ccc(C(=O)O)c(SC2=CC=C3C=CC4=C5C(=CC=C2C35)CC=C4)c1. The van der Waals surface area contributed by atoms with Crippen molar-refractivity contribution in [2.24, 2.45) is 11.8 Å². The van der Waals surface area contributed by atoms with E-state index in [1.54, 1.807) is 56.3 Å². The summed E-state index contributed by atoms with van der Waals surface area (Å²) in [6.07, 6.45) is 37.1. The van der Waals surface area contributed by atoms with Crippen LogP contribution in [0.5, 0.6) is 11.5 Å². The van der Waals surface area contributed by atoms with Gasteiger partial charge >= 0.3 is 5.97 Å². The molecule has 8 heteroatoms. The summed E-state index contributed by atoms with van der Waals surface area (Å²) in [6.45, 7) is 0. The lowest BCUT2D eigenvalue weighted by Crippen LogP contribution is -2.22. The zero-order valence-electron chi connectivity index (χ0n) is 30.5. The minimum Gasteiger partial charge on any atom is -0.497 e. The fraction of sp³-hybridized carbons (Fsp3) is 0.125. The van der Waals surface area contributed by atoms with Gasteiger partial charge in [0.2, 0.25) is 0 Å². The predicted molar refractivity (Wildman–Crippen MR) is 226 cm³/mol. The molecule has 0 saturated carbocycles. The van der Waals surface area contributed by atoms with Crippen molar-refractivity contribution in [2.45, 2.75) is 22.6 Å². The van der Waals surface area contributed by atoms with Crippen LogP contribution in [0.1, 0.15) is 33.6 Å². The number of methoxy groups -OCH3 is 2. The highest BCUT2D eigenvalue weighted by Gasteiger charge is 2.36. The average Bonchev–Trinajstić information content (AvgIpc) is 3.23. The third kappa shape index (κ3) is 6.43. The summed E-state index contributed by atoms with van der Waals surface area (Å²) in [5, 5.41) is 9.14. The highest BCUT2D eigenvalue weighted by molar-refractivity contribution is 8.03. The molecule has 0 radical (unpaired) electrons. The summed E-state index contributed by atoms with van der Waals surface area (Å²) < 4.78 is 10.7. The molecule has 1 N–H and O–H groups in total. The molecule has 0 saturated heterocycles. The summed E-state index contributed by atoms with van der Waals surface area (Å²) in [5.41, 5.74) is 14.1. The summed E-state index contributed by atoms with van der Waals surface area (Å²) >= 11 is 8.89. The Kier molecular flexibility index (Phi) is 9.62. The Morgan fingerprint density at radius 1 is 0.625 bits per heavy atom. The van der Waals surface area contributed by atoms with E-state index in [0.29, 0.717) is 22.0 Å². The Bertz CT molecular complexity index is 2430. The zero-order chi connectivity index (χ0) is 38.5. The van der Waals surface area contributed by atoms with E-state index in [2.05, 4.69) is 97.2 Å². The summed E-state index contributed by atoms with van der Waals surface area (Å²) in [4.78, 5) is 27.3. The molecule has 0 bridgehead atoms. The van der Waals surface area contributed by atoms with Crippen LogP contribution in [0.15, 0.2) is 209 Å². The van der Waals surface area contributed by atoms with Crippen LogP contribution in [0, 0.1) is 11.8 Å². The van der Waals surface area contributed by atoms with E-state index in [9.17, 15) is 14.7 Å². The first-order chi connectivity index (χ1) is 27.3. The number of aromatic carboxylic acids is 1. The Balaban J connectivity index is 0.000000146. The van der Waals surface area contributed by atoms with Crippen LogP contribution in [-0.2, 0) is 0 Å². The molecule has 2 aromatic rings. The van der Waals surface area contributed by atoms with Gasteiger partial charge in [0.05, 0.1) is 19.8 Å². The molecule has 8 aliphatic carbocycles. The molecule has 10 rings (SSSR count). The molecule has 0 spiro atoms. The van der Waals surface area contributed by atoms with Crippen LogP contribution in [0.4, 0.5) is 0 Å². The fourth-order valence-corrected chi connectivity index (χ4v) is 10.8. The maximum Gasteiger partial charge on any atom is 0.336 e. The number of allylic oxidation sites excluding steroid dienone is 26. The van der Waals surface area contributed by atoms with Gasteiger partial charge in [-0.15, -0.1) is 0 Å². The standard InChI is InChI=1S/C24H17ClO2S.C24H18O3S/c2*1-27-17-9-11-19(24(25)26)21(13-17)28-20-12-8-16-6-5-14-3-2-4-15-7-10-18(20)23(16)22(14)15/h2-3,5-13,23H,4H2,1H3;2-3,5-13,23H,4H2,1H3,(H,25,26). The summed E-state index contributed by atoms with van der Waals surface area (Å²) in [7, 11) is 3.21. The quantitative estimate of drug-likeness (QED) is 0.267. The van der Waals surface area contributed by atoms with Crippen LogP contribution in [0.25, 0.3) is 0 Å². The average molecular weight is 791 g/mol. The van der Waals surface area contributed by atoms with Crippen molar-refractivity contribution in [1.82, 2.24) is 0 Å². The number of carboxylic acids is 1. The molecule has 0 amide bonds. The number of thioether (sulfide) groups is 2. The van der Waals surface area contributed by atoms with Gasteiger partial charge < -0.3 is 14.6 Å². The molecule has 2 aromatic carbocycles. The molecule has 2 atom stereocenters. The predicted octanol–water partition coefficient (Wildman–Crippen LogP) is 11.9. The minimum absolute atomic E-state index is 0.233. The van der Waals surface area contributed by atoms with Gasteiger partial charge in [-0.25, -0.2) is 4.79 Å². The Morgan fingerprint density at radius 2 is 1.11 bits per heavy atom. The molecule has 2 unspecified atom stereocenters. The molecule has 0 fully saturated rings. The zero-order valence-corrected chi connectivity index (χ0v) is 32.9. The number of carbonyl (C=O) groups is 2. The van der Waals surface area contributed by atoms with Crippen LogP contribution in [0.2, 0.25) is 0 Å². The second kappa shape index (κ2) is 14.9. The Hall–Kier alpha value is -5.47. The highest BCUT2D eigenvalue weighted by atomic mass is 35.5. The number of hydrogen-bond donors (Lipinski definition) is 1. The first-order valence-corrected chi connectivity index (χ1v) is 20.3. The van der Waals surface area contributed by atoms with Gasteiger partial charge in [-0.05, 0) is 129 Å². The second-order valence-corrected chi connectivity index (χ2v) is 16.5. The van der Waals surface area contributed by atoms with E-state index >= 15 is 0 Å². The Morgan fingerprint density at radius 3 is 1.57 bits per heavy atom. The van der Waals surface area contributed by atoms with Crippen molar-refractivity contribution < 1.29 is 24.2 Å². The first kappa shape index (κ1) is 36.2. The molecule has 276 valence electrons. The normalized spacial score (nSPS) is 21.4. The lowest BCUT2D eigenvalue weighted by molar-refractivity contribution is 0.0693. The van der Waals surface area contributed by atoms with Crippen molar-refractivity contribution in [2.75, 3.05) is 14.2 Å². The van der Waals surface area contributed by atoms with Crippen LogP contribution >= 0.6 is 35.1 Å². The number of hydrogen-bond acceptors (Lipinski definition) is 6. The third-order valence-electron chi connectivity index (χ3n) is 11.0. The van der Waals surface area contributed by atoms with E-state index in [4.69, 9.17) is 21.1 Å². The van der Waals surface area contributed by atoms with E-state index in [-0.39, 0.29) is 17.4 Å². The summed E-state index contributed by atoms with van der Waals surface area (Å²) in [6, 6.07) is 10.5. The van der Waals surface area contributed by atoms with Crippen molar-refractivity contribution >= 4 is 46.3 Å². The second-order valence-electron chi connectivity index (χ2n) is 14.0. The van der Waals surface area contributed by atoms with Gasteiger partial charge in [0.15, 0.2) is 0 Å². The molecule has 56 heavy (non-hydrogen) atoms. The van der Waals surface area contributed by atoms with Gasteiger partial charge in [0, 0.05) is 37.0 Å². The van der Waals surface area contributed by atoms with E-state index in [1.165, 1.54) is 67.5 Å². The molecule has 0 aliphatic heterocycles. The van der Waals surface area contributed by atoms with Crippen LogP contribution in [0.3, 0.4) is 0 Å². The van der Waals surface area contributed by atoms with Gasteiger partial charge in [-0.3, -0.25) is 4.79 Å².